The van der Waals surface area contributed by atoms with Gasteiger partial charge < -0.3 is 4.74 Å². The van der Waals surface area contributed by atoms with Crippen LogP contribution in [0.3, 0.4) is 0 Å². The normalized spacial score (nSPS) is 19.2. The molecular weight excluding hydrogens is 176 g/mol. The van der Waals surface area contributed by atoms with Crippen LogP contribution in [0.5, 0.6) is 5.88 Å². The van der Waals surface area contributed by atoms with E-state index in [-0.39, 0.29) is 5.41 Å². The summed E-state index contributed by atoms with van der Waals surface area (Å²) in [6.45, 7) is 10.5. The van der Waals surface area contributed by atoms with Crippen molar-refractivity contribution >= 4 is 0 Å². The number of nitrogens with zero attached hydrogens (tertiary/aromatic N) is 2. The van der Waals surface area contributed by atoms with Crippen LogP contribution in [-0.4, -0.2) is 16.4 Å². The first-order valence-electron chi connectivity index (χ1n) is 5.18. The van der Waals surface area contributed by atoms with Gasteiger partial charge in [-0.05, 0) is 5.92 Å². The van der Waals surface area contributed by atoms with Gasteiger partial charge in [0.05, 0.1) is 19.3 Å². The van der Waals surface area contributed by atoms with Crippen LogP contribution in [0.25, 0.3) is 0 Å². The first kappa shape index (κ1) is 9.56. The number of aromatic nitrogens is 2. The van der Waals surface area contributed by atoms with E-state index in [2.05, 4.69) is 32.8 Å². The van der Waals surface area contributed by atoms with Crippen molar-refractivity contribution in [2.45, 2.75) is 40.2 Å². The lowest BCUT2D eigenvalue weighted by Gasteiger charge is -2.30. The maximum absolute atomic E-state index is 5.77. The molecule has 1 aromatic heterocycles. The summed E-state index contributed by atoms with van der Waals surface area (Å²) >= 11 is 0. The molecule has 3 nitrogen and oxygen atoms in total. The molecule has 0 aromatic carbocycles. The molecule has 0 atom stereocenters. The van der Waals surface area contributed by atoms with Gasteiger partial charge in [0, 0.05) is 11.0 Å². The zero-order valence-corrected chi connectivity index (χ0v) is 9.37. The van der Waals surface area contributed by atoms with Crippen LogP contribution in [0.2, 0.25) is 0 Å². The van der Waals surface area contributed by atoms with Gasteiger partial charge in [-0.3, -0.25) is 0 Å². The van der Waals surface area contributed by atoms with Crippen molar-refractivity contribution in [2.75, 3.05) is 6.61 Å². The van der Waals surface area contributed by atoms with Crippen molar-refractivity contribution in [2.24, 2.45) is 5.41 Å². The standard InChI is InChI=1S/C11H18N2O/c1-8(2)9-5-12-13-6-11(3,4)7-14-10(9)13/h5,8H,6-7H2,1-4H3. The summed E-state index contributed by atoms with van der Waals surface area (Å²) < 4.78 is 7.76. The van der Waals surface area contributed by atoms with Crippen LogP contribution in [0.1, 0.15) is 39.2 Å². The van der Waals surface area contributed by atoms with E-state index in [1.54, 1.807) is 0 Å². The van der Waals surface area contributed by atoms with E-state index in [9.17, 15) is 0 Å². The third-order valence-corrected chi connectivity index (χ3v) is 2.62. The maximum Gasteiger partial charge on any atom is 0.215 e. The van der Waals surface area contributed by atoms with Gasteiger partial charge in [-0.1, -0.05) is 27.7 Å². The average Bonchev–Trinajstić information content (AvgIpc) is 2.44. The number of ether oxygens (including phenoxy) is 1. The van der Waals surface area contributed by atoms with Gasteiger partial charge in [0.25, 0.3) is 0 Å². The van der Waals surface area contributed by atoms with E-state index in [1.807, 2.05) is 10.9 Å². The van der Waals surface area contributed by atoms with Crippen LogP contribution >= 0.6 is 0 Å². The Balaban J connectivity index is 2.34. The minimum atomic E-state index is 0.202. The number of hydrogen-bond donors (Lipinski definition) is 0. The second-order valence-electron chi connectivity index (χ2n) is 5.17. The lowest BCUT2D eigenvalue weighted by Crippen LogP contribution is -2.33. The van der Waals surface area contributed by atoms with Crippen LogP contribution in [0, 0.1) is 5.41 Å². The lowest BCUT2D eigenvalue weighted by atomic mass is 9.94. The van der Waals surface area contributed by atoms with Gasteiger partial charge >= 0.3 is 0 Å². The average molecular weight is 194 g/mol. The van der Waals surface area contributed by atoms with E-state index in [0.29, 0.717) is 5.92 Å². The molecule has 0 saturated carbocycles. The molecule has 1 aromatic rings. The SMILES string of the molecule is CC(C)c1cnn2c1OCC(C)(C)C2. The highest BCUT2D eigenvalue weighted by Crippen LogP contribution is 2.33. The molecular formula is C11H18N2O. The molecule has 0 saturated heterocycles. The van der Waals surface area contributed by atoms with Crippen molar-refractivity contribution in [3.05, 3.63) is 11.8 Å². The smallest absolute Gasteiger partial charge is 0.215 e. The van der Waals surface area contributed by atoms with Gasteiger partial charge in [0.1, 0.15) is 0 Å². The summed E-state index contributed by atoms with van der Waals surface area (Å²) in [4.78, 5) is 0. The molecule has 78 valence electrons. The van der Waals surface area contributed by atoms with E-state index >= 15 is 0 Å². The summed E-state index contributed by atoms with van der Waals surface area (Å²) in [5.74, 6) is 1.46. The fourth-order valence-electron chi connectivity index (χ4n) is 1.77. The van der Waals surface area contributed by atoms with Crippen LogP contribution < -0.4 is 4.74 Å². The molecule has 1 aliphatic rings. The van der Waals surface area contributed by atoms with E-state index in [0.717, 1.165) is 19.0 Å². The summed E-state index contributed by atoms with van der Waals surface area (Å²) in [7, 11) is 0. The predicted octanol–water partition coefficient (Wildman–Crippen LogP) is 2.43. The van der Waals surface area contributed by atoms with Gasteiger partial charge in [-0.15, -0.1) is 0 Å². The molecule has 0 radical (unpaired) electrons. The van der Waals surface area contributed by atoms with Gasteiger partial charge in [0.2, 0.25) is 5.88 Å². The molecule has 0 spiro atoms. The first-order valence-corrected chi connectivity index (χ1v) is 5.18. The lowest BCUT2D eigenvalue weighted by molar-refractivity contribution is 0.0990. The third-order valence-electron chi connectivity index (χ3n) is 2.62. The van der Waals surface area contributed by atoms with Crippen LogP contribution in [0.4, 0.5) is 0 Å². The van der Waals surface area contributed by atoms with Crippen molar-refractivity contribution in [1.82, 2.24) is 9.78 Å². The van der Waals surface area contributed by atoms with Crippen molar-refractivity contribution in [3.8, 4) is 5.88 Å². The monoisotopic (exact) mass is 194 g/mol. The molecule has 2 heterocycles. The molecule has 0 fully saturated rings. The molecule has 3 heteroatoms. The minimum Gasteiger partial charge on any atom is -0.477 e. The fourth-order valence-corrected chi connectivity index (χ4v) is 1.77. The molecule has 1 aliphatic heterocycles. The van der Waals surface area contributed by atoms with E-state index in [4.69, 9.17) is 4.74 Å². The Labute approximate surface area is 85.1 Å². The second kappa shape index (κ2) is 3.01. The maximum atomic E-state index is 5.77. The van der Waals surface area contributed by atoms with Crippen molar-refractivity contribution in [3.63, 3.8) is 0 Å². The highest BCUT2D eigenvalue weighted by Gasteiger charge is 2.29. The highest BCUT2D eigenvalue weighted by molar-refractivity contribution is 5.28. The van der Waals surface area contributed by atoms with Gasteiger partial charge in [-0.25, -0.2) is 4.68 Å². The first-order chi connectivity index (χ1) is 6.49. The number of rotatable bonds is 1. The van der Waals surface area contributed by atoms with Crippen LogP contribution in [-0.2, 0) is 6.54 Å². The van der Waals surface area contributed by atoms with E-state index in [1.165, 1.54) is 5.56 Å². The summed E-state index contributed by atoms with van der Waals surface area (Å²) in [5, 5.41) is 4.37. The molecule has 0 amide bonds. The van der Waals surface area contributed by atoms with Gasteiger partial charge in [-0.2, -0.15) is 5.10 Å². The topological polar surface area (TPSA) is 27.1 Å². The Hall–Kier alpha value is -0.990. The molecule has 14 heavy (non-hydrogen) atoms. The second-order valence-corrected chi connectivity index (χ2v) is 5.17. The van der Waals surface area contributed by atoms with Crippen molar-refractivity contribution < 1.29 is 4.74 Å². The highest BCUT2D eigenvalue weighted by atomic mass is 16.5. The molecule has 0 aliphatic carbocycles. The third kappa shape index (κ3) is 1.51. The minimum absolute atomic E-state index is 0.202. The van der Waals surface area contributed by atoms with E-state index < -0.39 is 0 Å². The zero-order valence-electron chi connectivity index (χ0n) is 9.37. The number of fused-ring (bicyclic) bond motifs is 1. The Morgan fingerprint density at radius 3 is 2.86 bits per heavy atom. The molecule has 0 bridgehead atoms. The molecule has 2 rings (SSSR count). The summed E-state index contributed by atoms with van der Waals surface area (Å²) in [6, 6.07) is 0. The predicted molar refractivity (Wildman–Crippen MR) is 55.6 cm³/mol. The Kier molecular flexibility index (Phi) is 2.05. The summed E-state index contributed by atoms with van der Waals surface area (Å²) in [6.07, 6.45) is 1.93. The number of hydrogen-bond acceptors (Lipinski definition) is 2. The van der Waals surface area contributed by atoms with Crippen molar-refractivity contribution in [1.29, 1.82) is 0 Å². The molecule has 0 N–H and O–H groups in total. The Morgan fingerprint density at radius 1 is 1.50 bits per heavy atom. The Bertz CT molecular complexity index is 339. The largest absolute Gasteiger partial charge is 0.477 e. The fraction of sp³-hybridized carbons (Fsp3) is 0.727. The quantitative estimate of drug-likeness (QED) is 0.686. The van der Waals surface area contributed by atoms with Crippen LogP contribution in [0.15, 0.2) is 6.20 Å². The Morgan fingerprint density at radius 2 is 2.21 bits per heavy atom. The summed E-state index contributed by atoms with van der Waals surface area (Å²) in [5.41, 5.74) is 1.42. The molecule has 0 unspecified atom stereocenters. The zero-order chi connectivity index (χ0) is 10.3. The van der Waals surface area contributed by atoms with Gasteiger partial charge in [0.15, 0.2) is 0 Å².